The van der Waals surface area contributed by atoms with Gasteiger partial charge in [0.25, 0.3) is 5.91 Å². The Bertz CT molecular complexity index is 587. The molecular formula is C12H7Br2IN2O. The van der Waals surface area contributed by atoms with Crippen LogP contribution in [0.4, 0.5) is 5.69 Å². The number of pyridine rings is 1. The number of benzene rings is 1. The zero-order chi connectivity index (χ0) is 13.1. The Morgan fingerprint density at radius 3 is 2.67 bits per heavy atom. The molecule has 0 unspecified atom stereocenters. The van der Waals surface area contributed by atoms with Crippen LogP contribution in [0.1, 0.15) is 10.4 Å². The highest BCUT2D eigenvalue weighted by Gasteiger charge is 2.10. The van der Waals surface area contributed by atoms with E-state index in [4.69, 9.17) is 0 Å². The number of hydrogen-bond donors (Lipinski definition) is 1. The van der Waals surface area contributed by atoms with Gasteiger partial charge in [-0.3, -0.25) is 4.79 Å². The maximum Gasteiger partial charge on any atom is 0.256 e. The van der Waals surface area contributed by atoms with Gasteiger partial charge in [0.15, 0.2) is 0 Å². The van der Waals surface area contributed by atoms with Gasteiger partial charge in [-0.05, 0) is 84.8 Å². The summed E-state index contributed by atoms with van der Waals surface area (Å²) in [6.45, 7) is 0. The Morgan fingerprint density at radius 1 is 1.22 bits per heavy atom. The summed E-state index contributed by atoms with van der Waals surface area (Å²) >= 11 is 8.79. The largest absolute Gasteiger partial charge is 0.321 e. The van der Waals surface area contributed by atoms with Crippen LogP contribution >= 0.6 is 54.5 Å². The minimum Gasteiger partial charge on any atom is -0.321 e. The first kappa shape index (κ1) is 14.0. The van der Waals surface area contributed by atoms with Gasteiger partial charge in [0.05, 0.1) is 17.4 Å². The molecule has 0 aliphatic rings. The van der Waals surface area contributed by atoms with Gasteiger partial charge in [0.2, 0.25) is 0 Å². The molecule has 1 N–H and O–H groups in total. The van der Waals surface area contributed by atoms with Crippen LogP contribution in [-0.2, 0) is 0 Å². The molecule has 92 valence electrons. The van der Waals surface area contributed by atoms with Crippen molar-refractivity contribution in [2.24, 2.45) is 0 Å². The Kier molecular flexibility index (Phi) is 4.74. The van der Waals surface area contributed by atoms with Gasteiger partial charge in [0, 0.05) is 8.04 Å². The van der Waals surface area contributed by atoms with Crippen molar-refractivity contribution in [1.29, 1.82) is 0 Å². The average molecular weight is 482 g/mol. The van der Waals surface area contributed by atoms with E-state index >= 15 is 0 Å². The highest BCUT2D eigenvalue weighted by Crippen LogP contribution is 2.21. The normalized spacial score (nSPS) is 10.2. The van der Waals surface area contributed by atoms with E-state index in [0.29, 0.717) is 11.3 Å². The molecule has 1 aromatic heterocycles. The van der Waals surface area contributed by atoms with Gasteiger partial charge < -0.3 is 5.32 Å². The zero-order valence-electron chi connectivity index (χ0n) is 8.95. The van der Waals surface area contributed by atoms with Crippen molar-refractivity contribution in [2.75, 3.05) is 5.32 Å². The van der Waals surface area contributed by atoms with E-state index in [1.807, 2.05) is 18.2 Å². The van der Waals surface area contributed by atoms with Gasteiger partial charge in [-0.15, -0.1) is 0 Å². The third-order valence-corrected chi connectivity index (χ3v) is 3.99. The molecule has 6 heteroatoms. The molecule has 0 bridgehead atoms. The number of rotatable bonds is 2. The van der Waals surface area contributed by atoms with Crippen molar-refractivity contribution < 1.29 is 4.79 Å². The number of aromatic nitrogens is 1. The first-order valence-electron chi connectivity index (χ1n) is 4.94. The lowest BCUT2D eigenvalue weighted by Crippen LogP contribution is -2.12. The topological polar surface area (TPSA) is 42.0 Å². The number of carbonyl (C=O) groups is 1. The zero-order valence-corrected chi connectivity index (χ0v) is 14.3. The molecule has 0 saturated heterocycles. The summed E-state index contributed by atoms with van der Waals surface area (Å²) in [6.07, 6.45) is 1.60. The quantitative estimate of drug-likeness (QED) is 0.508. The smallest absolute Gasteiger partial charge is 0.256 e. The molecule has 0 aliphatic carbocycles. The minimum absolute atomic E-state index is 0.162. The monoisotopic (exact) mass is 480 g/mol. The molecule has 0 spiro atoms. The second kappa shape index (κ2) is 6.12. The fourth-order valence-electron chi connectivity index (χ4n) is 1.32. The van der Waals surface area contributed by atoms with E-state index in [2.05, 4.69) is 64.8 Å². The van der Waals surface area contributed by atoms with Crippen LogP contribution < -0.4 is 5.32 Å². The second-order valence-electron chi connectivity index (χ2n) is 3.45. The van der Waals surface area contributed by atoms with Crippen molar-refractivity contribution in [3.8, 4) is 0 Å². The molecule has 0 atom stereocenters. The number of halogens is 3. The first-order valence-corrected chi connectivity index (χ1v) is 7.61. The van der Waals surface area contributed by atoms with Crippen LogP contribution in [0.2, 0.25) is 0 Å². The van der Waals surface area contributed by atoms with Crippen molar-refractivity contribution >= 4 is 66.0 Å². The molecule has 1 heterocycles. The van der Waals surface area contributed by atoms with Crippen LogP contribution in [0.15, 0.2) is 45.6 Å². The number of nitrogens with zero attached hydrogens (tertiary/aromatic N) is 1. The summed E-state index contributed by atoms with van der Waals surface area (Å²) in [5, 5.41) is 2.80. The third-order valence-electron chi connectivity index (χ3n) is 2.16. The van der Waals surface area contributed by atoms with Crippen LogP contribution in [0.3, 0.4) is 0 Å². The molecule has 2 rings (SSSR count). The third kappa shape index (κ3) is 3.52. The predicted molar refractivity (Wildman–Crippen MR) is 86.7 cm³/mol. The molecule has 18 heavy (non-hydrogen) atoms. The molecule has 0 saturated carbocycles. The molecule has 1 aromatic carbocycles. The first-order chi connectivity index (χ1) is 8.56. The van der Waals surface area contributed by atoms with Crippen molar-refractivity contribution in [3.63, 3.8) is 0 Å². The molecule has 0 aliphatic heterocycles. The maximum atomic E-state index is 12.1. The maximum absolute atomic E-state index is 12.1. The summed E-state index contributed by atoms with van der Waals surface area (Å²) in [6, 6.07) is 9.18. The van der Waals surface area contributed by atoms with Crippen molar-refractivity contribution in [3.05, 3.63) is 54.7 Å². The highest BCUT2D eigenvalue weighted by molar-refractivity contribution is 14.1. The lowest BCUT2D eigenvalue weighted by atomic mass is 10.2. The number of amides is 1. The Morgan fingerprint density at radius 2 is 2.00 bits per heavy atom. The van der Waals surface area contributed by atoms with Gasteiger partial charge >= 0.3 is 0 Å². The van der Waals surface area contributed by atoms with Crippen LogP contribution in [-0.4, -0.2) is 10.9 Å². The van der Waals surface area contributed by atoms with Gasteiger partial charge in [-0.25, -0.2) is 4.98 Å². The molecule has 1 amide bonds. The molecular weight excluding hydrogens is 475 g/mol. The summed E-state index contributed by atoms with van der Waals surface area (Å²) in [5.41, 5.74) is 1.26. The Labute approximate surface area is 135 Å². The van der Waals surface area contributed by atoms with Crippen LogP contribution in [0, 0.1) is 3.57 Å². The van der Waals surface area contributed by atoms with E-state index in [0.717, 1.165) is 12.6 Å². The Hall–Kier alpha value is -0.470. The lowest BCUT2D eigenvalue weighted by Gasteiger charge is -2.07. The summed E-state index contributed by atoms with van der Waals surface area (Å²) in [5.74, 6) is -0.162. The lowest BCUT2D eigenvalue weighted by molar-refractivity contribution is 0.102. The van der Waals surface area contributed by atoms with Crippen LogP contribution in [0.5, 0.6) is 0 Å². The Balaban J connectivity index is 2.21. The van der Waals surface area contributed by atoms with E-state index in [9.17, 15) is 4.79 Å². The number of nitrogens with one attached hydrogen (secondary N) is 1. The van der Waals surface area contributed by atoms with Gasteiger partial charge in [-0.1, -0.05) is 0 Å². The van der Waals surface area contributed by atoms with Gasteiger partial charge in [-0.2, -0.15) is 0 Å². The van der Waals surface area contributed by atoms with E-state index < -0.39 is 0 Å². The fourth-order valence-corrected chi connectivity index (χ4v) is 2.47. The average Bonchev–Trinajstić information content (AvgIpc) is 2.35. The van der Waals surface area contributed by atoms with E-state index in [1.165, 1.54) is 0 Å². The summed E-state index contributed by atoms with van der Waals surface area (Å²) in [7, 11) is 0. The van der Waals surface area contributed by atoms with Gasteiger partial charge in [0.1, 0.15) is 4.60 Å². The molecule has 2 aromatic rings. The van der Waals surface area contributed by atoms with E-state index in [-0.39, 0.29) is 5.91 Å². The SMILES string of the molecule is O=C(Nc1ccc(Br)nc1)c1cc(I)ccc1Br. The standard InChI is InChI=1S/C12H7Br2IN2O/c13-10-3-1-7(15)5-9(10)12(18)17-8-2-4-11(14)16-6-8/h1-6H,(H,17,18). The number of hydrogen-bond acceptors (Lipinski definition) is 2. The molecule has 3 nitrogen and oxygen atoms in total. The van der Waals surface area contributed by atoms with Crippen molar-refractivity contribution in [1.82, 2.24) is 4.98 Å². The molecule has 0 fully saturated rings. The van der Waals surface area contributed by atoms with Crippen molar-refractivity contribution in [2.45, 2.75) is 0 Å². The summed E-state index contributed by atoms with van der Waals surface area (Å²) in [4.78, 5) is 16.1. The summed E-state index contributed by atoms with van der Waals surface area (Å²) < 4.78 is 2.51. The second-order valence-corrected chi connectivity index (χ2v) is 6.36. The predicted octanol–water partition coefficient (Wildman–Crippen LogP) is 4.46. The van der Waals surface area contributed by atoms with E-state index in [1.54, 1.807) is 18.3 Å². The number of carbonyl (C=O) groups excluding carboxylic acids is 1. The molecule has 0 radical (unpaired) electrons. The minimum atomic E-state index is -0.162. The fraction of sp³-hybridized carbons (Fsp3) is 0. The van der Waals surface area contributed by atoms with Crippen LogP contribution in [0.25, 0.3) is 0 Å². The highest BCUT2D eigenvalue weighted by atomic mass is 127. The number of anilines is 1.